The maximum absolute atomic E-state index is 2.74. The number of hydrogen-bond acceptors (Lipinski definition) is 4. The van der Waals surface area contributed by atoms with E-state index in [-0.39, 0.29) is 44.6 Å². The Morgan fingerprint density at radius 2 is 0.860 bits per heavy atom. The summed E-state index contributed by atoms with van der Waals surface area (Å²) in [6.45, 7) is 40.8. The van der Waals surface area contributed by atoms with Crippen LogP contribution in [0.3, 0.4) is 0 Å². The molecule has 5 heteroatoms. The Morgan fingerprint density at radius 1 is 0.355 bits per heavy atom. The largest absolute Gasteiger partial charge is 0.311 e. The third kappa shape index (κ3) is 10.2. The van der Waals surface area contributed by atoms with Gasteiger partial charge in [0.05, 0.1) is 11.4 Å². The molecule has 4 aliphatic rings. The fourth-order valence-electron chi connectivity index (χ4n) is 16.2. The van der Waals surface area contributed by atoms with E-state index in [1.165, 1.54) is 126 Å². The van der Waals surface area contributed by atoms with Crippen molar-refractivity contribution < 1.29 is 0 Å². The monoisotopic (exact) mass is 1230 g/mol. The number of benzene rings is 10. The molecule has 0 fully saturated rings. The van der Waals surface area contributed by atoms with Gasteiger partial charge in [-0.1, -0.05) is 227 Å². The summed E-state index contributed by atoms with van der Waals surface area (Å²) in [7, 11) is 0. The summed E-state index contributed by atoms with van der Waals surface area (Å²) >= 11 is 1.89. The maximum atomic E-state index is 2.74. The second-order valence-corrected chi connectivity index (χ2v) is 34.7. The van der Waals surface area contributed by atoms with Crippen LogP contribution in [0.4, 0.5) is 51.2 Å². The number of anilines is 9. The lowest BCUT2D eigenvalue weighted by Crippen LogP contribution is -2.62. The summed E-state index contributed by atoms with van der Waals surface area (Å²) in [5.74, 6) is 0. The third-order valence-electron chi connectivity index (χ3n) is 22.3. The number of thiophene rings is 1. The highest BCUT2D eigenvalue weighted by atomic mass is 32.1. The summed E-state index contributed by atoms with van der Waals surface area (Å²) in [5.41, 5.74) is 29.1. The molecule has 3 heterocycles. The third-order valence-corrected chi connectivity index (χ3v) is 23.4. The predicted molar refractivity (Wildman–Crippen MR) is 406 cm³/mol. The van der Waals surface area contributed by atoms with Gasteiger partial charge in [0, 0.05) is 65.5 Å². The molecule has 93 heavy (non-hydrogen) atoms. The molecule has 0 atom stereocenters. The molecule has 15 rings (SSSR count). The van der Waals surface area contributed by atoms with Crippen molar-refractivity contribution >= 4 is 106 Å². The van der Waals surface area contributed by atoms with Crippen LogP contribution in [0.2, 0.25) is 0 Å². The second kappa shape index (κ2) is 21.2. The molecule has 3 nitrogen and oxygen atoms in total. The lowest BCUT2D eigenvalue weighted by Gasteiger charge is -2.48. The van der Waals surface area contributed by atoms with Gasteiger partial charge in [-0.3, -0.25) is 0 Å². The molecule has 468 valence electrons. The Balaban J connectivity index is 1.10. The van der Waals surface area contributed by atoms with E-state index in [1.807, 2.05) is 11.3 Å². The van der Waals surface area contributed by atoms with E-state index in [0.717, 1.165) is 48.4 Å². The summed E-state index contributed by atoms with van der Waals surface area (Å²) in [6, 6.07) is 79.3. The van der Waals surface area contributed by atoms with Gasteiger partial charge >= 0.3 is 0 Å². The molecule has 0 N–H and O–H groups in total. The second-order valence-electron chi connectivity index (χ2n) is 33.6. The minimum atomic E-state index is -0.113. The molecule has 0 amide bonds. The van der Waals surface area contributed by atoms with Gasteiger partial charge in [-0.25, -0.2) is 0 Å². The van der Waals surface area contributed by atoms with E-state index in [9.17, 15) is 0 Å². The van der Waals surface area contributed by atoms with Crippen LogP contribution < -0.4 is 31.1 Å². The van der Waals surface area contributed by atoms with Crippen LogP contribution in [-0.2, 0) is 37.9 Å². The van der Waals surface area contributed by atoms with Crippen molar-refractivity contribution in [1.82, 2.24) is 0 Å². The first-order valence-corrected chi connectivity index (χ1v) is 35.2. The van der Waals surface area contributed by atoms with Crippen LogP contribution in [-0.4, -0.2) is 6.71 Å². The van der Waals surface area contributed by atoms with Crippen molar-refractivity contribution in [2.45, 2.75) is 181 Å². The van der Waals surface area contributed by atoms with Crippen molar-refractivity contribution in [3.8, 4) is 22.3 Å². The molecule has 10 aromatic carbocycles. The summed E-state index contributed by atoms with van der Waals surface area (Å²) in [5, 5.41) is 2.62. The van der Waals surface area contributed by atoms with Gasteiger partial charge in [-0.05, 0) is 227 Å². The highest BCUT2D eigenvalue weighted by molar-refractivity contribution is 7.25. The van der Waals surface area contributed by atoms with Crippen LogP contribution in [0.25, 0.3) is 42.4 Å². The van der Waals surface area contributed by atoms with E-state index in [1.54, 1.807) is 0 Å². The minimum absolute atomic E-state index is 0.0120. The zero-order valence-electron chi connectivity index (χ0n) is 58.2. The first-order chi connectivity index (χ1) is 43.9. The number of nitrogens with zero attached hydrogens (tertiary/aromatic N) is 3. The Hall–Kier alpha value is -8.12. The molecule has 11 aromatic rings. The smallest absolute Gasteiger partial charge is 0.252 e. The van der Waals surface area contributed by atoms with E-state index in [4.69, 9.17) is 0 Å². The molecule has 0 unspecified atom stereocenters. The molecular weight excluding hydrogens is 1140 g/mol. The van der Waals surface area contributed by atoms with Gasteiger partial charge in [-0.2, -0.15) is 0 Å². The topological polar surface area (TPSA) is 9.72 Å². The maximum Gasteiger partial charge on any atom is 0.252 e. The van der Waals surface area contributed by atoms with Crippen molar-refractivity contribution in [2.75, 3.05) is 14.7 Å². The van der Waals surface area contributed by atoms with Crippen LogP contribution >= 0.6 is 11.3 Å². The van der Waals surface area contributed by atoms with Gasteiger partial charge in [0.1, 0.15) is 0 Å². The van der Waals surface area contributed by atoms with Crippen molar-refractivity contribution in [3.63, 3.8) is 0 Å². The normalized spacial score (nSPS) is 16.8. The first kappa shape index (κ1) is 61.1. The molecule has 2 aliphatic carbocycles. The van der Waals surface area contributed by atoms with E-state index in [2.05, 4.69) is 333 Å². The van der Waals surface area contributed by atoms with Gasteiger partial charge in [-0.15, -0.1) is 11.3 Å². The van der Waals surface area contributed by atoms with Crippen LogP contribution in [0.15, 0.2) is 200 Å². The van der Waals surface area contributed by atoms with Crippen LogP contribution in [0.1, 0.15) is 182 Å². The highest BCUT2D eigenvalue weighted by Gasteiger charge is 2.48. The van der Waals surface area contributed by atoms with Crippen LogP contribution in [0, 0.1) is 0 Å². The molecule has 1 aromatic heterocycles. The van der Waals surface area contributed by atoms with Crippen molar-refractivity contribution in [3.05, 3.63) is 239 Å². The molecule has 0 radical (unpaired) electrons. The van der Waals surface area contributed by atoms with E-state index >= 15 is 0 Å². The zero-order chi connectivity index (χ0) is 65.3. The standard InChI is InChI=1S/C88H92BN3S/c1-82(2,3)58-29-34-61(35-30-58)90(62-36-31-59(32-37-62)83(4,5)6)64-51-77-81-78(52-64)92(74-41-33-60(84(7,8)9)49-66(74)55-23-19-18-20-24-55)75-48-57(56-28-42-80-67(47-56)65-25-21-22-26-79(65)93-80)27-40-72(75)89(81)73-53-70-71(88(16,17)46-45-87(70,14)15)54-76(73)91(77)63-38-39-68-69(50-63)86(12,13)44-43-85(68,10)11/h18-42,47-54H,43-46H2,1-17H3. The fraction of sp³-hybridized carbons (Fsp3) is 0.318. The van der Waals surface area contributed by atoms with Crippen molar-refractivity contribution in [1.29, 1.82) is 0 Å². The molecule has 0 bridgehead atoms. The highest BCUT2D eigenvalue weighted by Crippen LogP contribution is 2.55. The van der Waals surface area contributed by atoms with Gasteiger partial charge < -0.3 is 14.7 Å². The van der Waals surface area contributed by atoms with Gasteiger partial charge in [0.2, 0.25) is 0 Å². The summed E-state index contributed by atoms with van der Waals surface area (Å²) in [4.78, 5) is 8.01. The van der Waals surface area contributed by atoms with Gasteiger partial charge in [0.15, 0.2) is 0 Å². The number of rotatable bonds is 7. The Kier molecular flexibility index (Phi) is 13.9. The molecule has 0 spiro atoms. The summed E-state index contributed by atoms with van der Waals surface area (Å²) in [6.07, 6.45) is 4.56. The fourth-order valence-corrected chi connectivity index (χ4v) is 17.3. The molecule has 2 aliphatic heterocycles. The Bertz CT molecular complexity index is 4750. The SMILES string of the molecule is CC(C)(C)c1ccc(N(c2ccc(C(C)(C)C)cc2)c2cc3c4c(c2)N(c2ccc(C(C)(C)C)cc2-c2ccccc2)c2cc(-c5ccc6sc7ccccc7c6c5)ccc2B4c2cc4c(cc2N3c2ccc3c(c2)C(C)(C)CCC3(C)C)C(C)(C)CCC4(C)C)cc1. The first-order valence-electron chi connectivity index (χ1n) is 34.3. The van der Waals surface area contributed by atoms with Gasteiger partial charge in [0.25, 0.3) is 6.71 Å². The lowest BCUT2D eigenvalue weighted by atomic mass is 9.33. The van der Waals surface area contributed by atoms with Crippen molar-refractivity contribution in [2.24, 2.45) is 0 Å². The molecule has 0 saturated heterocycles. The lowest BCUT2D eigenvalue weighted by molar-refractivity contribution is 0.332. The minimum Gasteiger partial charge on any atom is -0.311 e. The van der Waals surface area contributed by atoms with E-state index in [0.29, 0.717) is 0 Å². The van der Waals surface area contributed by atoms with Crippen LogP contribution in [0.5, 0.6) is 0 Å². The Labute approximate surface area is 559 Å². The summed E-state index contributed by atoms with van der Waals surface area (Å²) < 4.78 is 2.64. The number of hydrogen-bond donors (Lipinski definition) is 0. The zero-order valence-corrected chi connectivity index (χ0v) is 59.0. The average molecular weight is 1230 g/mol. The molecular formula is C88H92BN3S. The quantitative estimate of drug-likeness (QED) is 0.147. The predicted octanol–water partition coefficient (Wildman–Crippen LogP) is 23.5. The Morgan fingerprint density at radius 3 is 1.47 bits per heavy atom. The molecule has 0 saturated carbocycles. The van der Waals surface area contributed by atoms with E-state index < -0.39 is 0 Å². The average Bonchev–Trinajstić information content (AvgIpc) is 0.786. The number of fused-ring (bicyclic) bond motifs is 9.